The fourth-order valence-electron chi connectivity index (χ4n) is 1.40. The molecule has 8 nitrogen and oxygen atoms in total. The molecule has 0 atom stereocenters. The molecule has 2 rings (SSSR count). The lowest BCUT2D eigenvalue weighted by Gasteiger charge is -2.09. The lowest BCUT2D eigenvalue weighted by atomic mass is 10.2. The summed E-state index contributed by atoms with van der Waals surface area (Å²) in [5, 5.41) is 17.5. The number of aromatic nitrogens is 2. The van der Waals surface area contributed by atoms with Gasteiger partial charge in [0.25, 0.3) is 0 Å². The second kappa shape index (κ2) is 6.15. The normalized spacial score (nSPS) is 10.1. The van der Waals surface area contributed by atoms with Gasteiger partial charge in [0.15, 0.2) is 5.82 Å². The van der Waals surface area contributed by atoms with Crippen LogP contribution in [0.3, 0.4) is 0 Å². The highest BCUT2D eigenvalue weighted by molar-refractivity contribution is 9.10. The van der Waals surface area contributed by atoms with E-state index in [0.29, 0.717) is 10.3 Å². The van der Waals surface area contributed by atoms with Gasteiger partial charge in [-0.15, -0.1) is 0 Å². The van der Waals surface area contributed by atoms with Crippen molar-refractivity contribution in [1.29, 1.82) is 0 Å². The van der Waals surface area contributed by atoms with Crippen LogP contribution in [-0.4, -0.2) is 27.2 Å². The number of carboxylic acids is 1. The van der Waals surface area contributed by atoms with E-state index in [2.05, 4.69) is 41.2 Å². The molecule has 20 heavy (non-hydrogen) atoms. The summed E-state index contributed by atoms with van der Waals surface area (Å²) >= 11 is 3.17. The topological polar surface area (TPSA) is 117 Å². The fourth-order valence-corrected chi connectivity index (χ4v) is 1.76. The zero-order valence-corrected chi connectivity index (χ0v) is 11.5. The Balaban J connectivity index is 2.02. The third kappa shape index (κ3) is 3.54. The van der Waals surface area contributed by atoms with Gasteiger partial charge in [-0.2, -0.15) is 4.98 Å². The first-order chi connectivity index (χ1) is 9.56. The quantitative estimate of drug-likeness (QED) is 0.781. The van der Waals surface area contributed by atoms with Gasteiger partial charge in [-0.1, -0.05) is 21.1 Å². The Morgan fingerprint density at radius 1 is 1.40 bits per heavy atom. The Morgan fingerprint density at radius 3 is 2.85 bits per heavy atom. The number of halogens is 1. The maximum atomic E-state index is 11.7. The molecule has 1 heterocycles. The van der Waals surface area contributed by atoms with E-state index < -0.39 is 12.0 Å². The molecule has 0 aliphatic heterocycles. The molecule has 0 bridgehead atoms. The second-order valence-corrected chi connectivity index (χ2v) is 4.57. The number of carbonyl (C=O) groups excluding carboxylic acids is 1. The number of carbonyl (C=O) groups is 2. The molecule has 2 aromatic rings. The Bertz CT molecular complexity index is 629. The van der Waals surface area contributed by atoms with Crippen LogP contribution in [-0.2, 0) is 6.54 Å². The Morgan fingerprint density at radius 2 is 2.20 bits per heavy atom. The summed E-state index contributed by atoms with van der Waals surface area (Å²) in [5.74, 6) is -0.825. The van der Waals surface area contributed by atoms with Crippen LogP contribution in [0.25, 0.3) is 0 Å². The van der Waals surface area contributed by atoms with Gasteiger partial charge in [-0.25, -0.2) is 9.59 Å². The highest BCUT2D eigenvalue weighted by atomic mass is 79.9. The largest absolute Gasteiger partial charge is 0.478 e. The van der Waals surface area contributed by atoms with Crippen LogP contribution in [0.15, 0.2) is 33.6 Å². The first-order valence-electron chi connectivity index (χ1n) is 5.39. The molecule has 3 N–H and O–H groups in total. The number of nitrogens with zero attached hydrogens (tertiary/aromatic N) is 2. The number of aromatic carboxylic acids is 1. The molecule has 104 valence electrons. The van der Waals surface area contributed by atoms with Gasteiger partial charge in [0.05, 0.1) is 17.8 Å². The average molecular weight is 341 g/mol. The van der Waals surface area contributed by atoms with Crippen LogP contribution in [0.2, 0.25) is 0 Å². The molecule has 0 radical (unpaired) electrons. The highest BCUT2D eigenvalue weighted by Gasteiger charge is 2.13. The number of carboxylic acid groups (broad SMARTS) is 1. The summed E-state index contributed by atoms with van der Waals surface area (Å²) in [5.41, 5.74) is 0.167. The third-order valence-corrected chi connectivity index (χ3v) is 2.77. The molecular weight excluding hydrogens is 332 g/mol. The van der Waals surface area contributed by atoms with E-state index >= 15 is 0 Å². The van der Waals surface area contributed by atoms with Crippen molar-refractivity contribution in [2.24, 2.45) is 0 Å². The molecule has 0 unspecified atom stereocenters. The van der Waals surface area contributed by atoms with Gasteiger partial charge in [-0.3, -0.25) is 0 Å². The number of urea groups is 1. The Hall–Kier alpha value is -2.42. The lowest BCUT2D eigenvalue weighted by Crippen LogP contribution is -2.29. The Kier molecular flexibility index (Phi) is 4.31. The van der Waals surface area contributed by atoms with E-state index in [1.165, 1.54) is 12.1 Å². The number of anilines is 1. The fraction of sp³-hybridized carbons (Fsp3) is 0.0909. The van der Waals surface area contributed by atoms with Crippen molar-refractivity contribution in [3.05, 3.63) is 40.5 Å². The van der Waals surface area contributed by atoms with Gasteiger partial charge in [-0.05, 0) is 18.2 Å². The van der Waals surface area contributed by atoms with Gasteiger partial charge in [0.1, 0.15) is 0 Å². The molecule has 9 heteroatoms. The zero-order chi connectivity index (χ0) is 14.5. The molecule has 0 saturated carbocycles. The van der Waals surface area contributed by atoms with Crippen molar-refractivity contribution in [2.45, 2.75) is 6.54 Å². The van der Waals surface area contributed by atoms with E-state index in [4.69, 9.17) is 5.11 Å². The molecule has 0 spiro atoms. The standard InChI is InChI=1S/C11H9BrN4O4/c12-6-1-2-8(7(3-6)10(17)18)15-11(19)13-4-9-14-5-20-16-9/h1-3,5H,4H2,(H,17,18)(H2,13,15,19). The summed E-state index contributed by atoms with van der Waals surface area (Å²) in [4.78, 5) is 26.5. The molecular formula is C11H9BrN4O4. The van der Waals surface area contributed by atoms with Crippen molar-refractivity contribution in [2.75, 3.05) is 5.32 Å². The van der Waals surface area contributed by atoms with Crippen molar-refractivity contribution in [3.63, 3.8) is 0 Å². The van der Waals surface area contributed by atoms with E-state index in [1.807, 2.05) is 0 Å². The number of amides is 2. The van der Waals surface area contributed by atoms with Crippen LogP contribution in [0.4, 0.5) is 10.5 Å². The minimum atomic E-state index is -1.14. The van der Waals surface area contributed by atoms with Gasteiger partial charge < -0.3 is 20.3 Å². The average Bonchev–Trinajstić information content (AvgIpc) is 2.91. The van der Waals surface area contributed by atoms with E-state index in [9.17, 15) is 9.59 Å². The van der Waals surface area contributed by atoms with E-state index in [1.54, 1.807) is 6.07 Å². The summed E-state index contributed by atoms with van der Waals surface area (Å²) in [6.07, 6.45) is 1.15. The molecule has 0 fully saturated rings. The van der Waals surface area contributed by atoms with Gasteiger partial charge in [0, 0.05) is 4.47 Å². The molecule has 2 amide bonds. The van der Waals surface area contributed by atoms with Crippen molar-refractivity contribution >= 4 is 33.6 Å². The summed E-state index contributed by atoms with van der Waals surface area (Å²) in [7, 11) is 0. The van der Waals surface area contributed by atoms with Crippen LogP contribution < -0.4 is 10.6 Å². The predicted octanol–water partition coefficient (Wildman–Crippen LogP) is 1.85. The summed E-state index contributed by atoms with van der Waals surface area (Å²) in [6, 6.07) is 3.94. The van der Waals surface area contributed by atoms with Crippen molar-refractivity contribution in [1.82, 2.24) is 15.5 Å². The molecule has 0 aliphatic carbocycles. The van der Waals surface area contributed by atoms with Crippen molar-refractivity contribution in [3.8, 4) is 0 Å². The van der Waals surface area contributed by atoms with E-state index in [-0.39, 0.29) is 17.8 Å². The third-order valence-electron chi connectivity index (χ3n) is 2.27. The smallest absolute Gasteiger partial charge is 0.337 e. The number of hydrogen-bond donors (Lipinski definition) is 3. The first-order valence-corrected chi connectivity index (χ1v) is 6.18. The minimum absolute atomic E-state index is 0.0194. The van der Waals surface area contributed by atoms with Crippen LogP contribution in [0, 0.1) is 0 Å². The van der Waals surface area contributed by atoms with Crippen LogP contribution in [0.5, 0.6) is 0 Å². The van der Waals surface area contributed by atoms with Gasteiger partial charge >= 0.3 is 12.0 Å². The molecule has 1 aromatic carbocycles. The number of rotatable bonds is 4. The predicted molar refractivity (Wildman–Crippen MR) is 71.3 cm³/mol. The number of nitrogens with one attached hydrogen (secondary N) is 2. The van der Waals surface area contributed by atoms with Crippen LogP contribution >= 0.6 is 15.9 Å². The van der Waals surface area contributed by atoms with Crippen LogP contribution in [0.1, 0.15) is 16.2 Å². The maximum absolute atomic E-state index is 11.7. The SMILES string of the molecule is O=C(NCc1ncon1)Nc1ccc(Br)cc1C(=O)O. The molecule has 1 aromatic heterocycles. The lowest BCUT2D eigenvalue weighted by molar-refractivity contribution is 0.0698. The number of hydrogen-bond acceptors (Lipinski definition) is 5. The zero-order valence-electron chi connectivity index (χ0n) is 9.96. The van der Waals surface area contributed by atoms with Gasteiger partial charge in [0.2, 0.25) is 6.39 Å². The summed E-state index contributed by atoms with van der Waals surface area (Å²) in [6.45, 7) is 0.0707. The second-order valence-electron chi connectivity index (χ2n) is 3.65. The summed E-state index contributed by atoms with van der Waals surface area (Å²) < 4.78 is 5.12. The molecule has 0 aliphatic rings. The van der Waals surface area contributed by atoms with E-state index in [0.717, 1.165) is 6.39 Å². The molecule has 0 saturated heterocycles. The monoisotopic (exact) mass is 340 g/mol. The first kappa shape index (κ1) is 14.0. The highest BCUT2D eigenvalue weighted by Crippen LogP contribution is 2.21. The van der Waals surface area contributed by atoms with Crippen molar-refractivity contribution < 1.29 is 19.2 Å². The minimum Gasteiger partial charge on any atom is -0.478 e. The Labute approximate surface area is 121 Å². The maximum Gasteiger partial charge on any atom is 0.337 e. The number of benzene rings is 1.